The summed E-state index contributed by atoms with van der Waals surface area (Å²) in [4.78, 5) is 26.8. The van der Waals surface area contributed by atoms with Gasteiger partial charge in [0, 0.05) is 5.69 Å². The highest BCUT2D eigenvalue weighted by Crippen LogP contribution is 2.20. The van der Waals surface area contributed by atoms with Crippen molar-refractivity contribution in [3.8, 4) is 0 Å². The van der Waals surface area contributed by atoms with Crippen LogP contribution in [0.25, 0.3) is 11.2 Å². The zero-order chi connectivity index (χ0) is 15.5. The third kappa shape index (κ3) is 3.14. The van der Waals surface area contributed by atoms with Crippen LogP contribution >= 0.6 is 11.8 Å². The Hall–Kier alpha value is -2.68. The number of nitrogens with zero attached hydrogens (tertiary/aromatic N) is 3. The number of carbonyl (C=O) groups is 1. The first-order valence-corrected chi connectivity index (χ1v) is 7.25. The van der Waals surface area contributed by atoms with Gasteiger partial charge in [0.15, 0.2) is 16.6 Å². The number of nitrogens with one attached hydrogen (secondary N) is 2. The number of thioether (sulfide) groups is 1. The number of nitrogens with two attached hydrogens (primary N) is 1. The Balaban J connectivity index is 1.63. The highest BCUT2D eigenvalue weighted by atomic mass is 32.2. The molecule has 1 amide bonds. The van der Waals surface area contributed by atoms with Crippen LogP contribution in [0.5, 0.6) is 0 Å². The lowest BCUT2D eigenvalue weighted by atomic mass is 10.3. The van der Waals surface area contributed by atoms with Crippen LogP contribution in [0, 0.1) is 5.82 Å². The standard InChI is InChI=1S/C13H11FN6OS/c14-7-2-1-3-8(4-7)18-9(21)5-22-13-19-10-11(15)16-6-17-12(10)20-13/h1-4,6H,5H2,(H,18,21)(H3,15,16,17,19,20). The van der Waals surface area contributed by atoms with Crippen LogP contribution in [0.2, 0.25) is 0 Å². The molecular formula is C13H11FN6OS. The van der Waals surface area contributed by atoms with Gasteiger partial charge in [-0.1, -0.05) is 17.8 Å². The normalized spacial score (nSPS) is 10.8. The summed E-state index contributed by atoms with van der Waals surface area (Å²) in [5.74, 6) is -0.260. The average molecular weight is 318 g/mol. The van der Waals surface area contributed by atoms with Crippen LogP contribution in [0.1, 0.15) is 0 Å². The summed E-state index contributed by atoms with van der Waals surface area (Å²) in [5, 5.41) is 3.11. The second kappa shape index (κ2) is 5.98. The average Bonchev–Trinajstić information content (AvgIpc) is 2.90. The van der Waals surface area contributed by atoms with E-state index in [9.17, 15) is 9.18 Å². The molecule has 0 saturated heterocycles. The molecule has 0 saturated carbocycles. The highest BCUT2D eigenvalue weighted by molar-refractivity contribution is 7.99. The lowest BCUT2D eigenvalue weighted by Gasteiger charge is -2.03. The molecule has 0 radical (unpaired) electrons. The van der Waals surface area contributed by atoms with Crippen molar-refractivity contribution in [3.63, 3.8) is 0 Å². The van der Waals surface area contributed by atoms with Gasteiger partial charge in [0.25, 0.3) is 0 Å². The summed E-state index contributed by atoms with van der Waals surface area (Å²) < 4.78 is 13.0. The summed E-state index contributed by atoms with van der Waals surface area (Å²) in [7, 11) is 0. The lowest BCUT2D eigenvalue weighted by Crippen LogP contribution is -2.14. The van der Waals surface area contributed by atoms with Crippen LogP contribution in [0.3, 0.4) is 0 Å². The van der Waals surface area contributed by atoms with Crippen molar-refractivity contribution in [2.45, 2.75) is 5.16 Å². The molecule has 0 bridgehead atoms. The van der Waals surface area contributed by atoms with E-state index in [-0.39, 0.29) is 11.7 Å². The molecule has 0 spiro atoms. The van der Waals surface area contributed by atoms with Crippen LogP contribution < -0.4 is 11.1 Å². The van der Waals surface area contributed by atoms with Gasteiger partial charge in [-0.15, -0.1) is 0 Å². The molecule has 2 heterocycles. The number of carbonyl (C=O) groups excluding carboxylic acids is 1. The van der Waals surface area contributed by atoms with Crippen molar-refractivity contribution in [3.05, 3.63) is 36.4 Å². The van der Waals surface area contributed by atoms with Crippen molar-refractivity contribution in [1.29, 1.82) is 0 Å². The van der Waals surface area contributed by atoms with Crippen molar-refractivity contribution in [2.75, 3.05) is 16.8 Å². The predicted molar refractivity (Wildman–Crippen MR) is 81.8 cm³/mol. The maximum atomic E-state index is 13.0. The maximum Gasteiger partial charge on any atom is 0.234 e. The van der Waals surface area contributed by atoms with Gasteiger partial charge in [-0.25, -0.2) is 19.3 Å². The summed E-state index contributed by atoms with van der Waals surface area (Å²) in [6, 6.07) is 5.70. The van der Waals surface area contributed by atoms with E-state index in [1.54, 1.807) is 6.07 Å². The molecule has 7 nitrogen and oxygen atoms in total. The maximum absolute atomic E-state index is 13.0. The molecule has 112 valence electrons. The first kappa shape index (κ1) is 14.3. The van der Waals surface area contributed by atoms with Crippen LogP contribution in [0.4, 0.5) is 15.9 Å². The number of fused-ring (bicyclic) bond motifs is 1. The predicted octanol–water partition coefficient (Wildman–Crippen LogP) is 1.81. The summed E-state index contributed by atoms with van der Waals surface area (Å²) >= 11 is 1.19. The van der Waals surface area contributed by atoms with E-state index >= 15 is 0 Å². The third-order valence-corrected chi connectivity index (χ3v) is 3.62. The van der Waals surface area contributed by atoms with Gasteiger partial charge in [0.1, 0.15) is 17.7 Å². The largest absolute Gasteiger partial charge is 0.382 e. The van der Waals surface area contributed by atoms with Gasteiger partial charge < -0.3 is 16.0 Å². The van der Waals surface area contributed by atoms with E-state index in [2.05, 4.69) is 25.3 Å². The molecule has 0 aliphatic rings. The number of hydrogen-bond donors (Lipinski definition) is 3. The fourth-order valence-corrected chi connectivity index (χ4v) is 2.46. The number of anilines is 2. The molecule has 3 aromatic rings. The van der Waals surface area contributed by atoms with E-state index in [1.807, 2.05) is 0 Å². The minimum absolute atomic E-state index is 0.115. The fraction of sp³-hybridized carbons (Fsp3) is 0.0769. The molecule has 22 heavy (non-hydrogen) atoms. The van der Waals surface area contributed by atoms with Crippen LogP contribution in [-0.4, -0.2) is 31.6 Å². The first-order valence-electron chi connectivity index (χ1n) is 6.26. The Kier molecular flexibility index (Phi) is 3.88. The summed E-state index contributed by atoms with van der Waals surface area (Å²) in [5.41, 5.74) is 7.09. The van der Waals surface area contributed by atoms with Crippen molar-refractivity contribution in [1.82, 2.24) is 19.9 Å². The smallest absolute Gasteiger partial charge is 0.234 e. The number of amides is 1. The summed E-state index contributed by atoms with van der Waals surface area (Å²) in [6.07, 6.45) is 1.32. The van der Waals surface area contributed by atoms with E-state index < -0.39 is 5.82 Å². The minimum atomic E-state index is -0.406. The zero-order valence-electron chi connectivity index (χ0n) is 11.2. The Morgan fingerprint density at radius 3 is 3.05 bits per heavy atom. The van der Waals surface area contributed by atoms with E-state index in [4.69, 9.17) is 5.73 Å². The number of halogens is 1. The highest BCUT2D eigenvalue weighted by Gasteiger charge is 2.10. The molecule has 0 aliphatic heterocycles. The summed E-state index contributed by atoms with van der Waals surface area (Å²) in [6.45, 7) is 0. The minimum Gasteiger partial charge on any atom is -0.382 e. The second-order valence-electron chi connectivity index (χ2n) is 4.35. The number of imidazole rings is 1. The van der Waals surface area contributed by atoms with Gasteiger partial charge in [0.05, 0.1) is 5.75 Å². The Bertz CT molecular complexity index is 836. The quantitative estimate of drug-likeness (QED) is 0.633. The van der Waals surface area contributed by atoms with Gasteiger partial charge in [-0.3, -0.25) is 4.79 Å². The number of aromatic amines is 1. The molecular weight excluding hydrogens is 307 g/mol. The van der Waals surface area contributed by atoms with Crippen LogP contribution in [0.15, 0.2) is 35.7 Å². The number of benzene rings is 1. The van der Waals surface area contributed by atoms with Crippen molar-refractivity contribution >= 4 is 40.3 Å². The number of aromatic nitrogens is 4. The topological polar surface area (TPSA) is 110 Å². The molecule has 2 aromatic heterocycles. The van der Waals surface area contributed by atoms with E-state index in [0.717, 1.165) is 0 Å². The van der Waals surface area contributed by atoms with E-state index in [0.29, 0.717) is 27.8 Å². The van der Waals surface area contributed by atoms with Gasteiger partial charge in [-0.2, -0.15) is 0 Å². The number of H-pyrrole nitrogens is 1. The number of nitrogen functional groups attached to an aromatic ring is 1. The van der Waals surface area contributed by atoms with Crippen molar-refractivity contribution in [2.24, 2.45) is 0 Å². The Morgan fingerprint density at radius 1 is 1.41 bits per heavy atom. The molecule has 1 aromatic carbocycles. The number of rotatable bonds is 4. The Morgan fingerprint density at radius 2 is 2.27 bits per heavy atom. The van der Waals surface area contributed by atoms with Gasteiger partial charge >= 0.3 is 0 Å². The fourth-order valence-electron chi connectivity index (χ4n) is 1.79. The monoisotopic (exact) mass is 318 g/mol. The van der Waals surface area contributed by atoms with Gasteiger partial charge in [0.2, 0.25) is 5.91 Å². The molecule has 0 aliphatic carbocycles. The molecule has 0 atom stereocenters. The molecule has 3 rings (SSSR count). The van der Waals surface area contributed by atoms with E-state index in [1.165, 1.54) is 36.3 Å². The molecule has 0 unspecified atom stereocenters. The zero-order valence-corrected chi connectivity index (χ0v) is 12.0. The molecule has 9 heteroatoms. The lowest BCUT2D eigenvalue weighted by molar-refractivity contribution is -0.113. The second-order valence-corrected chi connectivity index (χ2v) is 5.31. The molecule has 0 fully saturated rings. The number of hydrogen-bond acceptors (Lipinski definition) is 6. The van der Waals surface area contributed by atoms with Crippen LogP contribution in [-0.2, 0) is 4.79 Å². The molecule has 4 N–H and O–H groups in total. The SMILES string of the molecule is Nc1ncnc2nc(SCC(=O)Nc3cccc(F)c3)[nH]c12. The first-order chi connectivity index (χ1) is 10.6. The van der Waals surface area contributed by atoms with Gasteiger partial charge in [-0.05, 0) is 18.2 Å². The third-order valence-electron chi connectivity index (χ3n) is 2.74. The van der Waals surface area contributed by atoms with Crippen molar-refractivity contribution < 1.29 is 9.18 Å². The Labute approximate surface area is 128 Å².